The highest BCUT2D eigenvalue weighted by Gasteiger charge is 2.25. The number of thiophene rings is 1. The molecule has 1 aliphatic carbocycles. The fraction of sp³-hybridized carbons (Fsp3) is 0.545. The molecule has 0 spiro atoms. The highest BCUT2D eigenvalue weighted by molar-refractivity contribution is 7.13. The molecule has 1 aromatic heterocycles. The fourth-order valence-electron chi connectivity index (χ4n) is 1.51. The third-order valence-electron chi connectivity index (χ3n) is 2.53. The zero-order valence-electron chi connectivity index (χ0n) is 8.62. The van der Waals surface area contributed by atoms with Crippen LogP contribution in [0.25, 0.3) is 0 Å². The minimum absolute atomic E-state index is 0.176. The van der Waals surface area contributed by atoms with Gasteiger partial charge in [-0.25, -0.2) is 0 Å². The van der Waals surface area contributed by atoms with E-state index in [1.807, 2.05) is 31.0 Å². The molecule has 14 heavy (non-hydrogen) atoms. The number of hydrogen-bond acceptors (Lipinski definition) is 2. The first-order chi connectivity index (χ1) is 6.66. The molecule has 0 N–H and O–H groups in total. The maximum absolute atomic E-state index is 11.9. The normalized spacial score (nSPS) is 15.6. The van der Waals surface area contributed by atoms with E-state index in [1.165, 1.54) is 17.7 Å². The predicted octanol–water partition coefficient (Wildman–Crippen LogP) is 2.54. The van der Waals surface area contributed by atoms with Crippen LogP contribution in [0, 0.1) is 12.8 Å². The Balaban J connectivity index is 1.99. The van der Waals surface area contributed by atoms with Gasteiger partial charge in [0.15, 0.2) is 0 Å². The van der Waals surface area contributed by atoms with Crippen LogP contribution < -0.4 is 0 Å². The van der Waals surface area contributed by atoms with Crippen molar-refractivity contribution in [1.82, 2.24) is 4.90 Å². The summed E-state index contributed by atoms with van der Waals surface area (Å²) in [6, 6.07) is 3.93. The van der Waals surface area contributed by atoms with Gasteiger partial charge in [-0.2, -0.15) is 0 Å². The minimum atomic E-state index is 0.176. The van der Waals surface area contributed by atoms with Crippen LogP contribution >= 0.6 is 11.3 Å². The highest BCUT2D eigenvalue weighted by Crippen LogP contribution is 2.30. The van der Waals surface area contributed by atoms with Crippen molar-refractivity contribution in [3.05, 3.63) is 21.9 Å². The second kappa shape index (κ2) is 3.73. The molecule has 1 saturated carbocycles. The number of rotatable bonds is 3. The summed E-state index contributed by atoms with van der Waals surface area (Å²) < 4.78 is 0. The highest BCUT2D eigenvalue weighted by atomic mass is 32.1. The molecule has 1 aromatic rings. The molecule has 0 atom stereocenters. The van der Waals surface area contributed by atoms with Crippen molar-refractivity contribution in [2.75, 3.05) is 13.6 Å². The lowest BCUT2D eigenvalue weighted by atomic mass is 10.3. The van der Waals surface area contributed by atoms with Gasteiger partial charge in [-0.1, -0.05) is 0 Å². The molecule has 1 heterocycles. The summed E-state index contributed by atoms with van der Waals surface area (Å²) in [4.78, 5) is 15.8. The Morgan fingerprint density at radius 2 is 2.29 bits per heavy atom. The molecule has 1 amide bonds. The molecule has 76 valence electrons. The zero-order chi connectivity index (χ0) is 10.1. The lowest BCUT2D eigenvalue weighted by Crippen LogP contribution is -2.27. The standard InChI is InChI=1S/C11H15NOS/c1-8-3-6-10(14-8)11(13)12(2)7-9-4-5-9/h3,6,9H,4-5,7H2,1-2H3. The second-order valence-electron chi connectivity index (χ2n) is 4.04. The summed E-state index contributed by atoms with van der Waals surface area (Å²) in [5, 5.41) is 0. The van der Waals surface area contributed by atoms with Crippen molar-refractivity contribution in [2.24, 2.45) is 5.92 Å². The van der Waals surface area contributed by atoms with Gasteiger partial charge in [0.2, 0.25) is 0 Å². The van der Waals surface area contributed by atoms with E-state index in [0.29, 0.717) is 0 Å². The van der Waals surface area contributed by atoms with Gasteiger partial charge in [0.25, 0.3) is 5.91 Å². The Hall–Kier alpha value is -0.830. The van der Waals surface area contributed by atoms with E-state index in [9.17, 15) is 4.79 Å². The molecule has 0 unspecified atom stereocenters. The lowest BCUT2D eigenvalue weighted by molar-refractivity contribution is 0.0793. The van der Waals surface area contributed by atoms with Crippen LogP contribution in [0.15, 0.2) is 12.1 Å². The van der Waals surface area contributed by atoms with Crippen LogP contribution in [-0.4, -0.2) is 24.4 Å². The van der Waals surface area contributed by atoms with E-state index < -0.39 is 0 Å². The van der Waals surface area contributed by atoms with Gasteiger partial charge in [-0.05, 0) is 37.8 Å². The molecular weight excluding hydrogens is 194 g/mol. The van der Waals surface area contributed by atoms with Crippen LogP contribution in [0.4, 0.5) is 0 Å². The lowest BCUT2D eigenvalue weighted by Gasteiger charge is -2.15. The molecule has 0 aliphatic heterocycles. The molecule has 0 saturated heterocycles. The van der Waals surface area contributed by atoms with Gasteiger partial charge in [0, 0.05) is 18.5 Å². The smallest absolute Gasteiger partial charge is 0.263 e. The van der Waals surface area contributed by atoms with E-state index >= 15 is 0 Å². The van der Waals surface area contributed by atoms with E-state index in [2.05, 4.69) is 0 Å². The zero-order valence-corrected chi connectivity index (χ0v) is 9.43. The van der Waals surface area contributed by atoms with E-state index in [1.54, 1.807) is 11.3 Å². The Morgan fingerprint density at radius 3 is 2.79 bits per heavy atom. The van der Waals surface area contributed by atoms with Gasteiger partial charge in [-0.3, -0.25) is 4.79 Å². The van der Waals surface area contributed by atoms with Crippen molar-refractivity contribution in [3.63, 3.8) is 0 Å². The van der Waals surface area contributed by atoms with Crippen molar-refractivity contribution < 1.29 is 4.79 Å². The molecular formula is C11H15NOS. The fourth-order valence-corrected chi connectivity index (χ4v) is 2.37. The Labute approximate surface area is 88.5 Å². The molecule has 0 bridgehead atoms. The molecule has 2 nitrogen and oxygen atoms in total. The molecule has 1 fully saturated rings. The van der Waals surface area contributed by atoms with Gasteiger partial charge < -0.3 is 4.90 Å². The average molecular weight is 209 g/mol. The molecule has 0 aromatic carbocycles. The maximum Gasteiger partial charge on any atom is 0.263 e. The number of hydrogen-bond donors (Lipinski definition) is 0. The number of carbonyl (C=O) groups excluding carboxylic acids is 1. The Morgan fingerprint density at radius 1 is 1.57 bits per heavy atom. The summed E-state index contributed by atoms with van der Waals surface area (Å²) >= 11 is 1.58. The molecule has 1 aliphatic rings. The largest absolute Gasteiger partial charge is 0.341 e. The monoisotopic (exact) mass is 209 g/mol. The molecule has 0 radical (unpaired) electrons. The topological polar surface area (TPSA) is 20.3 Å². The number of aryl methyl sites for hydroxylation is 1. The Bertz CT molecular complexity index is 341. The third kappa shape index (κ3) is 2.15. The van der Waals surface area contributed by atoms with Crippen LogP contribution in [-0.2, 0) is 0 Å². The number of nitrogens with zero attached hydrogens (tertiary/aromatic N) is 1. The average Bonchev–Trinajstić information content (AvgIpc) is 2.85. The maximum atomic E-state index is 11.9. The summed E-state index contributed by atoms with van der Waals surface area (Å²) in [5.74, 6) is 0.944. The van der Waals surface area contributed by atoms with Crippen LogP contribution in [0.1, 0.15) is 27.4 Å². The molecule has 3 heteroatoms. The molecule has 2 rings (SSSR count). The number of carbonyl (C=O) groups is 1. The summed E-state index contributed by atoms with van der Waals surface area (Å²) in [6.07, 6.45) is 2.59. The van der Waals surface area contributed by atoms with Crippen molar-refractivity contribution in [1.29, 1.82) is 0 Å². The second-order valence-corrected chi connectivity index (χ2v) is 5.33. The third-order valence-corrected chi connectivity index (χ3v) is 3.52. The van der Waals surface area contributed by atoms with Gasteiger partial charge in [0.05, 0.1) is 4.88 Å². The van der Waals surface area contributed by atoms with E-state index in [-0.39, 0.29) is 5.91 Å². The summed E-state index contributed by atoms with van der Waals surface area (Å²) in [6.45, 7) is 2.96. The van der Waals surface area contributed by atoms with Gasteiger partial charge >= 0.3 is 0 Å². The quantitative estimate of drug-likeness (QED) is 0.749. The first-order valence-electron chi connectivity index (χ1n) is 4.98. The Kier molecular flexibility index (Phi) is 2.59. The summed E-state index contributed by atoms with van der Waals surface area (Å²) in [7, 11) is 1.90. The first kappa shape index (κ1) is 9.71. The minimum Gasteiger partial charge on any atom is -0.341 e. The van der Waals surface area contributed by atoms with Crippen molar-refractivity contribution >= 4 is 17.2 Å². The van der Waals surface area contributed by atoms with Crippen molar-refractivity contribution in [3.8, 4) is 0 Å². The first-order valence-corrected chi connectivity index (χ1v) is 5.80. The number of amides is 1. The van der Waals surface area contributed by atoms with E-state index in [0.717, 1.165) is 17.3 Å². The SMILES string of the molecule is Cc1ccc(C(=O)N(C)CC2CC2)s1. The van der Waals surface area contributed by atoms with Gasteiger partial charge in [-0.15, -0.1) is 11.3 Å². The summed E-state index contributed by atoms with van der Waals surface area (Å²) in [5.41, 5.74) is 0. The van der Waals surface area contributed by atoms with Gasteiger partial charge in [0.1, 0.15) is 0 Å². The van der Waals surface area contributed by atoms with Crippen LogP contribution in [0.5, 0.6) is 0 Å². The van der Waals surface area contributed by atoms with E-state index in [4.69, 9.17) is 0 Å². The van der Waals surface area contributed by atoms with Crippen LogP contribution in [0.3, 0.4) is 0 Å². The van der Waals surface area contributed by atoms with Crippen molar-refractivity contribution in [2.45, 2.75) is 19.8 Å². The van der Waals surface area contributed by atoms with Crippen LogP contribution in [0.2, 0.25) is 0 Å². The predicted molar refractivity (Wildman–Crippen MR) is 58.7 cm³/mol.